The summed E-state index contributed by atoms with van der Waals surface area (Å²) in [5.74, 6) is 0.564. The summed E-state index contributed by atoms with van der Waals surface area (Å²) >= 11 is 0. The third kappa shape index (κ3) is 5.26. The number of nitrogens with two attached hydrogens (primary N) is 1. The number of aryl methyl sites for hydroxylation is 2. The van der Waals surface area contributed by atoms with Gasteiger partial charge in [0.05, 0.1) is 29.6 Å². The van der Waals surface area contributed by atoms with E-state index in [1.165, 1.54) is 12.3 Å². The van der Waals surface area contributed by atoms with Crippen LogP contribution in [0.4, 0.5) is 13.2 Å². The Morgan fingerprint density at radius 1 is 1.13 bits per heavy atom. The van der Waals surface area contributed by atoms with E-state index >= 15 is 0 Å². The molecule has 0 unspecified atom stereocenters. The average molecular weight is 535 g/mol. The lowest BCUT2D eigenvalue weighted by Gasteiger charge is -2.16. The molecule has 3 N–H and O–H groups in total. The molecule has 8 nitrogen and oxygen atoms in total. The summed E-state index contributed by atoms with van der Waals surface area (Å²) in [5.41, 5.74) is 9.70. The van der Waals surface area contributed by atoms with Gasteiger partial charge in [0.2, 0.25) is 0 Å². The number of pyridine rings is 3. The number of alkyl halides is 3. The van der Waals surface area contributed by atoms with Crippen LogP contribution >= 0.6 is 0 Å². The summed E-state index contributed by atoms with van der Waals surface area (Å²) in [5, 5.41) is 8.00. The summed E-state index contributed by atoms with van der Waals surface area (Å²) in [4.78, 5) is 21.5. The minimum Gasteiger partial charge on any atom is -0.489 e. The number of benzene rings is 1. The Bertz CT molecular complexity index is 1730. The second-order valence-corrected chi connectivity index (χ2v) is 9.16. The van der Waals surface area contributed by atoms with Crippen LogP contribution in [0, 0.1) is 13.8 Å². The van der Waals surface area contributed by atoms with E-state index < -0.39 is 17.3 Å². The summed E-state index contributed by atoms with van der Waals surface area (Å²) in [6.07, 6.45) is -0.172. The molecule has 4 aromatic heterocycles. The van der Waals surface area contributed by atoms with Gasteiger partial charge in [0, 0.05) is 46.7 Å². The maximum atomic E-state index is 13.2. The Kier molecular flexibility index (Phi) is 6.92. The van der Waals surface area contributed by atoms with E-state index in [1.54, 1.807) is 24.5 Å². The van der Waals surface area contributed by atoms with Gasteiger partial charge >= 0.3 is 6.18 Å². The predicted molar refractivity (Wildman–Crippen MR) is 140 cm³/mol. The molecule has 0 fully saturated rings. The number of rotatable bonds is 7. The smallest absolute Gasteiger partial charge is 0.421 e. The lowest BCUT2D eigenvalue weighted by atomic mass is 10.0. The third-order valence-electron chi connectivity index (χ3n) is 6.52. The fourth-order valence-electron chi connectivity index (χ4n) is 4.51. The molecule has 0 amide bonds. The molecule has 0 radical (unpaired) electrons. The van der Waals surface area contributed by atoms with Crippen molar-refractivity contribution >= 4 is 10.9 Å². The second-order valence-electron chi connectivity index (χ2n) is 9.16. The number of nitrogens with zero attached hydrogens (tertiary/aromatic N) is 4. The summed E-state index contributed by atoms with van der Waals surface area (Å²) in [6.45, 7) is 4.06. The van der Waals surface area contributed by atoms with Crippen LogP contribution in [0.25, 0.3) is 22.2 Å². The molecule has 39 heavy (non-hydrogen) atoms. The standard InChI is InChI=1S/C28H25F3N6O2/c1-16-7-8-33-25(14-37-9-3-4-23(27(37)38)28(29,30)31)22(16)15-39-19-5-6-24-20(11-19)21(10-17(2)35-24)26-18(12-32)13-34-36-26/h3-11,13H,12,14-15,32H2,1-2H3,(H,34,36). The van der Waals surface area contributed by atoms with Gasteiger partial charge in [-0.2, -0.15) is 18.3 Å². The zero-order valence-corrected chi connectivity index (χ0v) is 21.2. The van der Waals surface area contributed by atoms with Gasteiger partial charge in [-0.3, -0.25) is 19.9 Å². The third-order valence-corrected chi connectivity index (χ3v) is 6.52. The highest BCUT2D eigenvalue weighted by Crippen LogP contribution is 2.32. The van der Waals surface area contributed by atoms with Gasteiger partial charge in [-0.05, 0) is 61.9 Å². The molecule has 0 atom stereocenters. The van der Waals surface area contributed by atoms with Crippen molar-refractivity contribution in [1.29, 1.82) is 0 Å². The topological polar surface area (TPSA) is 112 Å². The SMILES string of the molecule is Cc1cc(-c2[nH]ncc2CN)c2cc(OCc3c(C)ccnc3Cn3cccc(C(F)(F)F)c3=O)ccc2n1. The molecule has 0 saturated carbocycles. The maximum absolute atomic E-state index is 13.2. The van der Waals surface area contributed by atoms with E-state index in [2.05, 4.69) is 20.2 Å². The number of ether oxygens (including phenoxy) is 1. The molecular formula is C28H25F3N6O2. The highest BCUT2D eigenvalue weighted by Gasteiger charge is 2.34. The Morgan fingerprint density at radius 2 is 1.95 bits per heavy atom. The van der Waals surface area contributed by atoms with Crippen LogP contribution in [-0.4, -0.2) is 24.7 Å². The average Bonchev–Trinajstić information content (AvgIpc) is 3.37. The Labute approximate surface area is 221 Å². The largest absolute Gasteiger partial charge is 0.489 e. The zero-order chi connectivity index (χ0) is 27.7. The van der Waals surface area contributed by atoms with Gasteiger partial charge in [0.15, 0.2) is 0 Å². The van der Waals surface area contributed by atoms with Gasteiger partial charge in [0.1, 0.15) is 17.9 Å². The number of halogens is 3. The Morgan fingerprint density at radius 3 is 2.72 bits per heavy atom. The molecule has 0 aliphatic rings. The minimum atomic E-state index is -4.74. The van der Waals surface area contributed by atoms with Crippen molar-refractivity contribution in [2.24, 2.45) is 5.73 Å². The van der Waals surface area contributed by atoms with Crippen LogP contribution in [0.15, 0.2) is 65.8 Å². The predicted octanol–water partition coefficient (Wildman–Crippen LogP) is 4.90. The fourth-order valence-corrected chi connectivity index (χ4v) is 4.51. The molecule has 5 aromatic rings. The van der Waals surface area contributed by atoms with E-state index in [1.807, 2.05) is 32.0 Å². The molecule has 11 heteroatoms. The number of H-pyrrole nitrogens is 1. The van der Waals surface area contributed by atoms with Gasteiger partial charge < -0.3 is 15.0 Å². The highest BCUT2D eigenvalue weighted by molar-refractivity contribution is 5.95. The number of hydrogen-bond donors (Lipinski definition) is 2. The molecule has 1 aromatic carbocycles. The first-order chi connectivity index (χ1) is 18.7. The molecule has 5 rings (SSSR count). The summed E-state index contributed by atoms with van der Waals surface area (Å²) in [6, 6.07) is 11.3. The van der Waals surface area contributed by atoms with Crippen molar-refractivity contribution in [1.82, 2.24) is 24.7 Å². The van der Waals surface area contributed by atoms with Crippen LogP contribution in [-0.2, 0) is 25.9 Å². The van der Waals surface area contributed by atoms with Gasteiger partial charge in [-0.25, -0.2) is 0 Å². The normalized spacial score (nSPS) is 11.7. The minimum absolute atomic E-state index is 0.0982. The monoisotopic (exact) mass is 534 g/mol. The molecule has 0 aliphatic carbocycles. The summed E-state index contributed by atoms with van der Waals surface area (Å²) < 4.78 is 46.9. The first-order valence-corrected chi connectivity index (χ1v) is 12.1. The zero-order valence-electron chi connectivity index (χ0n) is 21.2. The van der Waals surface area contributed by atoms with Crippen molar-refractivity contribution in [2.45, 2.75) is 39.7 Å². The lowest BCUT2D eigenvalue weighted by molar-refractivity contribution is -0.138. The number of fused-ring (bicyclic) bond motifs is 1. The molecule has 4 heterocycles. The number of aromatic amines is 1. The second kappa shape index (κ2) is 10.3. The molecular weight excluding hydrogens is 509 g/mol. The van der Waals surface area contributed by atoms with Crippen LogP contribution < -0.4 is 16.0 Å². The van der Waals surface area contributed by atoms with Crippen molar-refractivity contribution in [3.05, 3.63) is 105 Å². The number of aromatic nitrogens is 5. The van der Waals surface area contributed by atoms with E-state index in [0.717, 1.165) is 49.6 Å². The first kappa shape index (κ1) is 26.1. The van der Waals surface area contributed by atoms with Crippen LogP contribution in [0.3, 0.4) is 0 Å². The van der Waals surface area contributed by atoms with E-state index in [9.17, 15) is 18.0 Å². The molecule has 200 valence electrons. The van der Waals surface area contributed by atoms with E-state index in [-0.39, 0.29) is 13.2 Å². The Hall–Kier alpha value is -4.51. The number of hydrogen-bond acceptors (Lipinski definition) is 6. The van der Waals surface area contributed by atoms with Crippen molar-refractivity contribution in [2.75, 3.05) is 0 Å². The van der Waals surface area contributed by atoms with Gasteiger partial charge in [0.25, 0.3) is 5.56 Å². The van der Waals surface area contributed by atoms with E-state index in [0.29, 0.717) is 23.6 Å². The molecule has 0 aliphatic heterocycles. The van der Waals surface area contributed by atoms with E-state index in [4.69, 9.17) is 10.5 Å². The van der Waals surface area contributed by atoms with Gasteiger partial charge in [-0.1, -0.05) is 0 Å². The lowest BCUT2D eigenvalue weighted by Crippen LogP contribution is -2.29. The molecule has 0 bridgehead atoms. The fraction of sp³-hybridized carbons (Fsp3) is 0.214. The summed E-state index contributed by atoms with van der Waals surface area (Å²) in [7, 11) is 0. The highest BCUT2D eigenvalue weighted by atomic mass is 19.4. The van der Waals surface area contributed by atoms with Crippen LogP contribution in [0.1, 0.15) is 33.6 Å². The van der Waals surface area contributed by atoms with Gasteiger partial charge in [-0.15, -0.1) is 0 Å². The Balaban J connectivity index is 1.47. The molecule has 0 saturated heterocycles. The first-order valence-electron chi connectivity index (χ1n) is 12.1. The maximum Gasteiger partial charge on any atom is 0.421 e. The van der Waals surface area contributed by atoms with Crippen molar-refractivity contribution < 1.29 is 17.9 Å². The van der Waals surface area contributed by atoms with Crippen molar-refractivity contribution in [3.63, 3.8) is 0 Å². The molecule has 0 spiro atoms. The van der Waals surface area contributed by atoms with Crippen LogP contribution in [0.5, 0.6) is 5.75 Å². The quantitative estimate of drug-likeness (QED) is 0.307. The number of nitrogens with one attached hydrogen (secondary N) is 1. The van der Waals surface area contributed by atoms with Crippen molar-refractivity contribution in [3.8, 4) is 17.0 Å². The van der Waals surface area contributed by atoms with Crippen LogP contribution in [0.2, 0.25) is 0 Å².